The first kappa shape index (κ1) is 46.6. The highest BCUT2D eigenvalue weighted by molar-refractivity contribution is 6.99. The number of hydrogen-bond donors (Lipinski definition) is 3. The highest BCUT2D eigenvalue weighted by atomic mass is 28.4. The number of benzene rings is 4. The van der Waals surface area contributed by atoms with Crippen LogP contribution in [-0.2, 0) is 41.2 Å². The summed E-state index contributed by atoms with van der Waals surface area (Å²) in [6.07, 6.45) is 5.16. The van der Waals surface area contributed by atoms with Crippen LogP contribution >= 0.6 is 0 Å². The Morgan fingerprint density at radius 3 is 1.89 bits per heavy atom. The molecule has 2 fully saturated rings. The van der Waals surface area contributed by atoms with Gasteiger partial charge in [-0.2, -0.15) is 0 Å². The van der Waals surface area contributed by atoms with Gasteiger partial charge < -0.3 is 30.0 Å². The van der Waals surface area contributed by atoms with Crippen LogP contribution in [0, 0.1) is 0 Å². The first-order valence-electron chi connectivity index (χ1n) is 22.3. The van der Waals surface area contributed by atoms with Gasteiger partial charge in [0.25, 0.3) is 8.32 Å². The number of unbranched alkanes of at least 4 members (excludes halogenated alkanes) is 1. The van der Waals surface area contributed by atoms with E-state index in [2.05, 4.69) is 61.0 Å². The number of nitrogens with one attached hydrogen (secondary N) is 3. The Kier molecular flexibility index (Phi) is 15.9. The van der Waals surface area contributed by atoms with Crippen LogP contribution in [0.2, 0.25) is 5.04 Å². The van der Waals surface area contributed by atoms with Crippen LogP contribution in [-0.4, -0.2) is 86.1 Å². The molecule has 2 aliphatic heterocycles. The quantitative estimate of drug-likeness (QED) is 0.0758. The summed E-state index contributed by atoms with van der Waals surface area (Å²) in [5, 5.41) is 10.7. The van der Waals surface area contributed by atoms with Crippen LogP contribution in [0.5, 0.6) is 5.75 Å². The number of fused-ring (bicyclic) bond motifs is 1. The van der Waals surface area contributed by atoms with Gasteiger partial charge in [0, 0.05) is 19.4 Å². The van der Waals surface area contributed by atoms with Gasteiger partial charge in [-0.3, -0.25) is 24.0 Å². The van der Waals surface area contributed by atoms with Crippen molar-refractivity contribution in [1.29, 1.82) is 0 Å². The number of ether oxygens (including phenoxy) is 1. The summed E-state index contributed by atoms with van der Waals surface area (Å²) in [5.41, 5.74) is 1.63. The zero-order valence-corrected chi connectivity index (χ0v) is 38.2. The second-order valence-corrected chi connectivity index (χ2v) is 21.8. The first-order chi connectivity index (χ1) is 30.3. The lowest BCUT2D eigenvalue weighted by Gasteiger charge is -2.44. The molecule has 0 bridgehead atoms. The van der Waals surface area contributed by atoms with E-state index in [9.17, 15) is 24.0 Å². The standard InChI is InChI=1S/C51H62N4O7Si/c1-6-61-39-31-29-38(30-32-39)34-43-48(58)54-44(35-37-20-11-7-12-21-37)50(60)55-33-19-27-45(55)49(59)52-42(47(57)53-43)26-17-10-18-28-46(56)36(2)62-63(51(3,4)5,40-22-13-8-14-23-40)41-24-15-9-16-25-41/h7-9,11-16,18,20-25,28-32,36,42-45H,6,10,17,19,26-27,33-35H2,1-5H3,(H,52,59)(H,53,57)(H,54,58)/b28-18+/t36-,42-,43+,44-,45+/m0/s1. The van der Waals surface area contributed by atoms with Gasteiger partial charge in [-0.25, -0.2) is 0 Å². The van der Waals surface area contributed by atoms with Crippen LogP contribution < -0.4 is 31.1 Å². The predicted octanol–water partition coefficient (Wildman–Crippen LogP) is 5.59. The third kappa shape index (κ3) is 11.6. The molecule has 2 saturated heterocycles. The molecule has 11 nitrogen and oxygen atoms in total. The Balaban J connectivity index is 1.18. The number of carbonyl (C=O) groups excluding carboxylic acids is 5. The number of amides is 4. The summed E-state index contributed by atoms with van der Waals surface area (Å²) in [5.74, 6) is -1.23. The van der Waals surface area contributed by atoms with Crippen molar-refractivity contribution in [3.05, 3.63) is 139 Å². The van der Waals surface area contributed by atoms with Crippen molar-refractivity contribution in [1.82, 2.24) is 20.9 Å². The minimum absolute atomic E-state index is 0.141. The van der Waals surface area contributed by atoms with Gasteiger partial charge in [0.05, 0.1) is 6.61 Å². The summed E-state index contributed by atoms with van der Waals surface area (Å²) in [4.78, 5) is 71.9. The molecule has 63 heavy (non-hydrogen) atoms. The fourth-order valence-electron chi connectivity index (χ4n) is 8.76. The van der Waals surface area contributed by atoms with E-state index in [1.807, 2.05) is 97.9 Å². The molecule has 2 aliphatic rings. The molecule has 2 heterocycles. The van der Waals surface area contributed by atoms with Gasteiger partial charge >= 0.3 is 0 Å². The minimum Gasteiger partial charge on any atom is -0.494 e. The third-order valence-corrected chi connectivity index (χ3v) is 17.1. The van der Waals surface area contributed by atoms with Crippen molar-refractivity contribution >= 4 is 48.1 Å². The molecule has 332 valence electrons. The number of rotatable bonds is 16. The van der Waals surface area contributed by atoms with E-state index < -0.39 is 56.3 Å². The fraction of sp³-hybridized carbons (Fsp3) is 0.392. The average Bonchev–Trinajstić information content (AvgIpc) is 3.78. The maximum Gasteiger partial charge on any atom is 0.262 e. The SMILES string of the molecule is CCOc1ccc(C[C@H]2NC(=O)[C@H](CCC/C=C/C(=O)[C@H](C)O[Si](c3ccccc3)(c3ccccc3)C(C)(C)C)NC(=O)[C@H]3CCCN3C(=O)[C@H](Cc3ccccc3)NC2=O)cc1. The summed E-state index contributed by atoms with van der Waals surface area (Å²) < 4.78 is 12.6. The number of allylic oxidation sites excluding steroid dienone is 1. The topological polar surface area (TPSA) is 143 Å². The van der Waals surface area contributed by atoms with E-state index in [-0.39, 0.29) is 36.0 Å². The van der Waals surface area contributed by atoms with Crippen molar-refractivity contribution in [3.63, 3.8) is 0 Å². The molecule has 6 rings (SSSR count). The second kappa shape index (κ2) is 21.5. The van der Waals surface area contributed by atoms with Crippen LogP contribution in [0.1, 0.15) is 77.8 Å². The number of carbonyl (C=O) groups is 5. The van der Waals surface area contributed by atoms with Gasteiger partial charge in [0.1, 0.15) is 36.0 Å². The van der Waals surface area contributed by atoms with E-state index >= 15 is 0 Å². The molecule has 0 radical (unpaired) electrons. The molecule has 12 heteroatoms. The monoisotopic (exact) mass is 870 g/mol. The molecule has 0 unspecified atom stereocenters. The maximum absolute atomic E-state index is 14.3. The van der Waals surface area contributed by atoms with Crippen molar-refractivity contribution in [2.75, 3.05) is 13.2 Å². The van der Waals surface area contributed by atoms with Crippen molar-refractivity contribution in [2.45, 2.75) is 115 Å². The zero-order valence-electron chi connectivity index (χ0n) is 37.2. The summed E-state index contributed by atoms with van der Waals surface area (Å²) in [6.45, 7) is 11.1. The van der Waals surface area contributed by atoms with Gasteiger partial charge in [0.15, 0.2) is 5.78 Å². The van der Waals surface area contributed by atoms with E-state index in [1.165, 1.54) is 0 Å². The predicted molar refractivity (Wildman–Crippen MR) is 248 cm³/mol. The molecular weight excluding hydrogens is 809 g/mol. The zero-order chi connectivity index (χ0) is 45.0. The van der Waals surface area contributed by atoms with E-state index in [0.29, 0.717) is 44.6 Å². The lowest BCUT2D eigenvalue weighted by Crippen LogP contribution is -2.68. The van der Waals surface area contributed by atoms with Crippen LogP contribution in [0.4, 0.5) is 0 Å². The molecule has 5 atom stereocenters. The lowest BCUT2D eigenvalue weighted by molar-refractivity contribution is -0.143. The second-order valence-electron chi connectivity index (χ2n) is 17.5. The van der Waals surface area contributed by atoms with Crippen LogP contribution in [0.25, 0.3) is 0 Å². The summed E-state index contributed by atoms with van der Waals surface area (Å²) in [6, 6.07) is 33.3. The van der Waals surface area contributed by atoms with Crippen LogP contribution in [0.3, 0.4) is 0 Å². The smallest absolute Gasteiger partial charge is 0.262 e. The van der Waals surface area contributed by atoms with Crippen molar-refractivity contribution < 1.29 is 33.1 Å². The van der Waals surface area contributed by atoms with Crippen molar-refractivity contribution in [3.8, 4) is 5.75 Å². The molecule has 0 spiro atoms. The number of nitrogens with zero attached hydrogens (tertiary/aromatic N) is 1. The number of ketones is 1. The molecular formula is C51H62N4O7Si. The fourth-order valence-corrected chi connectivity index (χ4v) is 13.4. The van der Waals surface area contributed by atoms with E-state index in [0.717, 1.165) is 21.5 Å². The number of hydrogen-bond acceptors (Lipinski definition) is 7. The molecule has 3 N–H and O–H groups in total. The molecule has 4 aromatic rings. The van der Waals surface area contributed by atoms with Gasteiger partial charge in [0.2, 0.25) is 23.6 Å². The third-order valence-electron chi connectivity index (χ3n) is 12.0. The Morgan fingerprint density at radius 2 is 1.29 bits per heavy atom. The average molecular weight is 871 g/mol. The van der Waals surface area contributed by atoms with E-state index in [1.54, 1.807) is 24.0 Å². The molecule has 0 aromatic heterocycles. The highest BCUT2D eigenvalue weighted by Crippen LogP contribution is 2.37. The van der Waals surface area contributed by atoms with Gasteiger partial charge in [-0.15, -0.1) is 0 Å². The molecule has 4 aromatic carbocycles. The summed E-state index contributed by atoms with van der Waals surface area (Å²) in [7, 11) is -2.96. The largest absolute Gasteiger partial charge is 0.494 e. The molecule has 0 aliphatic carbocycles. The van der Waals surface area contributed by atoms with Crippen molar-refractivity contribution in [2.24, 2.45) is 0 Å². The molecule has 4 amide bonds. The Bertz CT molecular complexity index is 2160. The normalized spacial score (nSPS) is 20.5. The highest BCUT2D eigenvalue weighted by Gasteiger charge is 2.51. The Hall–Kier alpha value is -5.85. The van der Waals surface area contributed by atoms with Gasteiger partial charge in [-0.1, -0.05) is 130 Å². The van der Waals surface area contributed by atoms with Gasteiger partial charge in [-0.05, 0) is 90.7 Å². The lowest BCUT2D eigenvalue weighted by atomic mass is 10.00. The first-order valence-corrected chi connectivity index (χ1v) is 24.2. The molecule has 0 saturated carbocycles. The Morgan fingerprint density at radius 1 is 0.746 bits per heavy atom. The van der Waals surface area contributed by atoms with E-state index in [4.69, 9.17) is 9.16 Å². The van der Waals surface area contributed by atoms with Crippen LogP contribution in [0.15, 0.2) is 127 Å². The minimum atomic E-state index is -2.96. The summed E-state index contributed by atoms with van der Waals surface area (Å²) >= 11 is 0. The Labute approximate surface area is 373 Å². The maximum atomic E-state index is 14.3.